The highest BCUT2D eigenvalue weighted by Gasteiger charge is 2.18. The number of carboxylic acids is 1. The number of carbonyl (C=O) groups is 2. The molecular formula is C8H17N3O5S. The molecule has 0 aromatic rings. The average molecular weight is 267 g/mol. The van der Waals surface area contributed by atoms with Gasteiger partial charge in [-0.1, -0.05) is 0 Å². The van der Waals surface area contributed by atoms with Crippen molar-refractivity contribution in [2.24, 2.45) is 5.73 Å². The zero-order valence-electron chi connectivity index (χ0n) is 9.71. The van der Waals surface area contributed by atoms with Crippen LogP contribution in [0.3, 0.4) is 0 Å². The van der Waals surface area contributed by atoms with Crippen LogP contribution in [0.2, 0.25) is 0 Å². The molecule has 0 aromatic carbocycles. The Morgan fingerprint density at radius 1 is 1.41 bits per heavy atom. The molecule has 0 saturated heterocycles. The number of hydrogen-bond donors (Lipinski definition) is 3. The van der Waals surface area contributed by atoms with Gasteiger partial charge in [-0.15, -0.1) is 0 Å². The Morgan fingerprint density at radius 2 is 1.94 bits per heavy atom. The van der Waals surface area contributed by atoms with Crippen LogP contribution in [0.4, 0.5) is 0 Å². The quantitative estimate of drug-likeness (QED) is 0.480. The van der Waals surface area contributed by atoms with Crippen LogP contribution in [0.25, 0.3) is 0 Å². The number of rotatable bonds is 7. The number of nitrogens with two attached hydrogens (primary N) is 1. The standard InChI is InChI=1S/C8H17N3O5S/c1-11(2)17(15,16)4-3-10-8(14)6(9)5-7(12)13/h6H,3-5,9H2,1-2H3,(H,10,14)(H,12,13). The average Bonchev–Trinajstić information content (AvgIpc) is 2.15. The lowest BCUT2D eigenvalue weighted by Gasteiger charge is -2.13. The summed E-state index contributed by atoms with van der Waals surface area (Å²) in [6.45, 7) is -0.104. The van der Waals surface area contributed by atoms with Crippen molar-refractivity contribution >= 4 is 21.9 Å². The first-order valence-corrected chi connectivity index (χ1v) is 6.43. The van der Waals surface area contributed by atoms with Gasteiger partial charge in [0.1, 0.15) is 0 Å². The largest absolute Gasteiger partial charge is 0.481 e. The first-order valence-electron chi connectivity index (χ1n) is 4.82. The molecule has 8 nitrogen and oxygen atoms in total. The van der Waals surface area contributed by atoms with Gasteiger partial charge >= 0.3 is 5.97 Å². The summed E-state index contributed by atoms with van der Waals surface area (Å²) in [4.78, 5) is 21.5. The van der Waals surface area contributed by atoms with Crippen LogP contribution in [0.15, 0.2) is 0 Å². The third kappa shape index (κ3) is 6.19. The normalized spacial score (nSPS) is 13.4. The number of carboxylic acid groups (broad SMARTS) is 1. The molecule has 17 heavy (non-hydrogen) atoms. The molecule has 0 aliphatic heterocycles. The number of nitrogens with zero attached hydrogens (tertiary/aromatic N) is 1. The second-order valence-corrected chi connectivity index (χ2v) is 5.90. The number of hydrogen-bond acceptors (Lipinski definition) is 5. The monoisotopic (exact) mass is 267 g/mol. The zero-order valence-corrected chi connectivity index (χ0v) is 10.5. The molecule has 100 valence electrons. The third-order valence-corrected chi connectivity index (χ3v) is 3.78. The summed E-state index contributed by atoms with van der Waals surface area (Å²) in [5.41, 5.74) is 5.28. The summed E-state index contributed by atoms with van der Waals surface area (Å²) in [6, 6.07) is -1.17. The SMILES string of the molecule is CN(C)S(=O)(=O)CCNC(=O)C(N)CC(=O)O. The van der Waals surface area contributed by atoms with Crippen molar-refractivity contribution in [1.82, 2.24) is 9.62 Å². The molecule has 0 spiro atoms. The molecule has 9 heteroatoms. The maximum absolute atomic E-state index is 11.3. The van der Waals surface area contributed by atoms with Crippen molar-refractivity contribution in [1.29, 1.82) is 0 Å². The topological polar surface area (TPSA) is 130 Å². The molecule has 4 N–H and O–H groups in total. The van der Waals surface area contributed by atoms with Gasteiger partial charge < -0.3 is 16.2 Å². The van der Waals surface area contributed by atoms with Gasteiger partial charge in [0.2, 0.25) is 15.9 Å². The molecule has 0 heterocycles. The first-order chi connectivity index (χ1) is 7.66. The van der Waals surface area contributed by atoms with Gasteiger partial charge in [-0.2, -0.15) is 0 Å². The first kappa shape index (κ1) is 15.8. The van der Waals surface area contributed by atoms with Gasteiger partial charge in [0.25, 0.3) is 0 Å². The van der Waals surface area contributed by atoms with E-state index in [0.29, 0.717) is 0 Å². The summed E-state index contributed by atoms with van der Waals surface area (Å²) < 4.78 is 23.7. The smallest absolute Gasteiger partial charge is 0.305 e. The van der Waals surface area contributed by atoms with E-state index in [9.17, 15) is 18.0 Å². The van der Waals surface area contributed by atoms with Crippen molar-refractivity contribution < 1.29 is 23.1 Å². The van der Waals surface area contributed by atoms with E-state index in [-0.39, 0.29) is 12.3 Å². The Balaban J connectivity index is 4.06. The summed E-state index contributed by atoms with van der Waals surface area (Å²) in [5.74, 6) is -2.12. The van der Waals surface area contributed by atoms with Crippen molar-refractivity contribution in [3.05, 3.63) is 0 Å². The summed E-state index contributed by atoms with van der Waals surface area (Å²) in [6.07, 6.45) is -0.494. The highest BCUT2D eigenvalue weighted by Crippen LogP contribution is 1.93. The number of carbonyl (C=O) groups excluding carboxylic acids is 1. The number of aliphatic carboxylic acids is 1. The Bertz CT molecular complexity index is 379. The van der Waals surface area contributed by atoms with Crippen LogP contribution < -0.4 is 11.1 Å². The molecular weight excluding hydrogens is 250 g/mol. The second kappa shape index (κ2) is 6.52. The Kier molecular flexibility index (Phi) is 6.07. The third-order valence-electron chi connectivity index (χ3n) is 1.95. The molecule has 0 aromatic heterocycles. The molecule has 0 rings (SSSR count). The van der Waals surface area contributed by atoms with E-state index < -0.39 is 34.4 Å². The fraction of sp³-hybridized carbons (Fsp3) is 0.750. The molecule has 0 fully saturated rings. The van der Waals surface area contributed by atoms with E-state index >= 15 is 0 Å². The summed E-state index contributed by atoms with van der Waals surface area (Å²) in [7, 11) is -0.617. The Hall–Kier alpha value is -1.19. The molecule has 0 saturated carbocycles. The van der Waals surface area contributed by atoms with Gasteiger partial charge in [0.05, 0.1) is 18.2 Å². The number of sulfonamides is 1. The zero-order chi connectivity index (χ0) is 13.6. The van der Waals surface area contributed by atoms with Crippen LogP contribution in [0, 0.1) is 0 Å². The second-order valence-electron chi connectivity index (χ2n) is 3.59. The maximum atomic E-state index is 11.3. The molecule has 0 bridgehead atoms. The van der Waals surface area contributed by atoms with Crippen LogP contribution in [-0.4, -0.2) is 62.1 Å². The predicted molar refractivity (Wildman–Crippen MR) is 60.7 cm³/mol. The fourth-order valence-corrected chi connectivity index (χ4v) is 1.62. The Morgan fingerprint density at radius 3 is 2.35 bits per heavy atom. The molecule has 1 unspecified atom stereocenters. The molecule has 0 aliphatic rings. The molecule has 0 radical (unpaired) electrons. The van der Waals surface area contributed by atoms with Crippen LogP contribution >= 0.6 is 0 Å². The van der Waals surface area contributed by atoms with Crippen LogP contribution in [0.1, 0.15) is 6.42 Å². The molecule has 1 atom stereocenters. The highest BCUT2D eigenvalue weighted by molar-refractivity contribution is 7.89. The van der Waals surface area contributed by atoms with E-state index in [2.05, 4.69) is 5.32 Å². The molecule has 1 amide bonds. The van der Waals surface area contributed by atoms with E-state index in [4.69, 9.17) is 10.8 Å². The van der Waals surface area contributed by atoms with Crippen molar-refractivity contribution in [3.8, 4) is 0 Å². The van der Waals surface area contributed by atoms with E-state index in [0.717, 1.165) is 4.31 Å². The predicted octanol–water partition coefficient (Wildman–Crippen LogP) is -2.20. The van der Waals surface area contributed by atoms with E-state index in [1.807, 2.05) is 0 Å². The fourth-order valence-electron chi connectivity index (χ4n) is 0.898. The minimum atomic E-state index is -3.38. The molecule has 0 aliphatic carbocycles. The van der Waals surface area contributed by atoms with E-state index in [1.165, 1.54) is 14.1 Å². The van der Waals surface area contributed by atoms with Gasteiger partial charge in [0, 0.05) is 20.6 Å². The summed E-state index contributed by atoms with van der Waals surface area (Å²) in [5, 5.41) is 10.7. The lowest BCUT2D eigenvalue weighted by molar-refractivity contribution is -0.139. The van der Waals surface area contributed by atoms with Gasteiger partial charge in [-0.25, -0.2) is 12.7 Å². The summed E-state index contributed by atoms with van der Waals surface area (Å²) >= 11 is 0. The van der Waals surface area contributed by atoms with Gasteiger partial charge in [-0.3, -0.25) is 9.59 Å². The van der Waals surface area contributed by atoms with Crippen LogP contribution in [0.5, 0.6) is 0 Å². The van der Waals surface area contributed by atoms with Gasteiger partial charge in [0.15, 0.2) is 0 Å². The van der Waals surface area contributed by atoms with Crippen molar-refractivity contribution in [2.75, 3.05) is 26.4 Å². The van der Waals surface area contributed by atoms with Crippen molar-refractivity contribution in [3.63, 3.8) is 0 Å². The highest BCUT2D eigenvalue weighted by atomic mass is 32.2. The number of nitrogens with one attached hydrogen (secondary N) is 1. The van der Waals surface area contributed by atoms with Gasteiger partial charge in [-0.05, 0) is 0 Å². The maximum Gasteiger partial charge on any atom is 0.305 e. The van der Waals surface area contributed by atoms with E-state index in [1.54, 1.807) is 0 Å². The Labute approximate surface area is 99.8 Å². The minimum absolute atomic E-state index is 0.104. The van der Waals surface area contributed by atoms with Crippen LogP contribution in [-0.2, 0) is 19.6 Å². The number of amides is 1. The minimum Gasteiger partial charge on any atom is -0.481 e. The lowest BCUT2D eigenvalue weighted by Crippen LogP contribution is -2.44. The lowest BCUT2D eigenvalue weighted by atomic mass is 10.2. The van der Waals surface area contributed by atoms with Crippen molar-refractivity contribution in [2.45, 2.75) is 12.5 Å².